The van der Waals surface area contributed by atoms with E-state index >= 15 is 0 Å². The average Bonchev–Trinajstić information content (AvgIpc) is 2.97. The number of rotatable bonds is 10. The van der Waals surface area contributed by atoms with E-state index in [1.165, 1.54) is 11.8 Å². The molecule has 196 valence electrons. The minimum absolute atomic E-state index is 0.0355. The largest absolute Gasteiger partial charge is 0.496 e. The van der Waals surface area contributed by atoms with Crippen LogP contribution in [0.15, 0.2) is 118 Å². The number of hydrogen-bond acceptors (Lipinski definition) is 5. The van der Waals surface area contributed by atoms with Crippen LogP contribution in [-0.2, 0) is 4.79 Å². The fraction of sp³-hybridized carbons (Fsp3) is 0.0645. The molecule has 0 spiro atoms. The van der Waals surface area contributed by atoms with Gasteiger partial charge in [-0.3, -0.25) is 14.4 Å². The molecule has 4 rings (SSSR count). The fourth-order valence-electron chi connectivity index (χ4n) is 3.60. The number of thioether (sulfide) groups is 1. The molecule has 2 amide bonds. The van der Waals surface area contributed by atoms with Gasteiger partial charge in [0.2, 0.25) is 0 Å². The molecular formula is C31H25BrN2O4S. The van der Waals surface area contributed by atoms with Crippen molar-refractivity contribution in [3.8, 4) is 5.75 Å². The maximum atomic E-state index is 13.2. The molecule has 0 aliphatic heterocycles. The van der Waals surface area contributed by atoms with Crippen molar-refractivity contribution in [1.29, 1.82) is 0 Å². The summed E-state index contributed by atoms with van der Waals surface area (Å²) in [5.41, 5.74) is 2.39. The van der Waals surface area contributed by atoms with E-state index in [4.69, 9.17) is 4.74 Å². The average molecular weight is 602 g/mol. The lowest BCUT2D eigenvalue weighted by molar-refractivity contribution is -0.113. The van der Waals surface area contributed by atoms with Gasteiger partial charge in [0.1, 0.15) is 11.4 Å². The lowest BCUT2D eigenvalue weighted by atomic mass is 10.1. The number of para-hydroxylation sites is 1. The third-order valence-corrected chi connectivity index (χ3v) is 7.14. The smallest absolute Gasteiger partial charge is 0.272 e. The summed E-state index contributed by atoms with van der Waals surface area (Å²) in [6, 6.07) is 30.4. The Balaban J connectivity index is 1.44. The molecule has 0 heterocycles. The number of amides is 2. The van der Waals surface area contributed by atoms with E-state index in [0.717, 1.165) is 14.9 Å². The van der Waals surface area contributed by atoms with Crippen LogP contribution in [0.5, 0.6) is 5.75 Å². The molecule has 0 aromatic heterocycles. The molecule has 0 atom stereocenters. The maximum absolute atomic E-state index is 13.2. The number of benzene rings is 4. The van der Waals surface area contributed by atoms with Crippen LogP contribution in [0.4, 0.5) is 5.69 Å². The van der Waals surface area contributed by atoms with Gasteiger partial charge in [-0.05, 0) is 72.3 Å². The zero-order valence-corrected chi connectivity index (χ0v) is 23.4. The highest BCUT2D eigenvalue weighted by molar-refractivity contribution is 9.10. The van der Waals surface area contributed by atoms with Crippen molar-refractivity contribution in [2.75, 3.05) is 18.2 Å². The Labute approximate surface area is 239 Å². The van der Waals surface area contributed by atoms with Gasteiger partial charge in [-0.1, -0.05) is 58.4 Å². The van der Waals surface area contributed by atoms with Gasteiger partial charge in [0, 0.05) is 20.6 Å². The summed E-state index contributed by atoms with van der Waals surface area (Å²) in [7, 11) is 1.54. The maximum Gasteiger partial charge on any atom is 0.272 e. The molecule has 0 unspecified atom stereocenters. The summed E-state index contributed by atoms with van der Waals surface area (Å²) in [5.74, 6) is -0.0914. The molecule has 2 N–H and O–H groups in total. The van der Waals surface area contributed by atoms with Crippen molar-refractivity contribution >= 4 is 57.1 Å². The van der Waals surface area contributed by atoms with Crippen molar-refractivity contribution in [1.82, 2.24) is 5.32 Å². The van der Waals surface area contributed by atoms with Gasteiger partial charge >= 0.3 is 0 Å². The monoisotopic (exact) mass is 600 g/mol. The van der Waals surface area contributed by atoms with Crippen LogP contribution in [0.2, 0.25) is 0 Å². The number of ketones is 1. The van der Waals surface area contributed by atoms with Crippen LogP contribution in [0.3, 0.4) is 0 Å². The van der Waals surface area contributed by atoms with Gasteiger partial charge in [0.05, 0.1) is 18.4 Å². The number of carbonyl (C=O) groups is 3. The van der Waals surface area contributed by atoms with Crippen LogP contribution in [0.25, 0.3) is 6.08 Å². The summed E-state index contributed by atoms with van der Waals surface area (Å²) < 4.78 is 6.18. The highest BCUT2D eigenvalue weighted by atomic mass is 79.9. The van der Waals surface area contributed by atoms with Gasteiger partial charge in [-0.2, -0.15) is 0 Å². The summed E-state index contributed by atoms with van der Waals surface area (Å²) in [6.07, 6.45) is 1.62. The van der Waals surface area contributed by atoms with E-state index in [-0.39, 0.29) is 23.1 Å². The molecule has 4 aromatic rings. The first-order chi connectivity index (χ1) is 18.9. The van der Waals surface area contributed by atoms with Crippen molar-refractivity contribution in [3.63, 3.8) is 0 Å². The van der Waals surface area contributed by atoms with Crippen LogP contribution >= 0.6 is 27.7 Å². The van der Waals surface area contributed by atoms with E-state index < -0.39 is 5.91 Å². The molecule has 0 bridgehead atoms. The Morgan fingerprint density at radius 3 is 2.21 bits per heavy atom. The van der Waals surface area contributed by atoms with Gasteiger partial charge < -0.3 is 15.4 Å². The van der Waals surface area contributed by atoms with E-state index in [1.54, 1.807) is 67.8 Å². The number of Topliss-reactive ketones (excluding diaryl/α,β-unsaturated/α-hetero) is 1. The Kier molecular flexibility index (Phi) is 9.72. The van der Waals surface area contributed by atoms with Crippen LogP contribution in [0, 0.1) is 0 Å². The molecule has 0 aliphatic carbocycles. The SMILES string of the molecule is COc1ccccc1C(=O)CSc1ccc(NC(=O)/C(=C/c2ccc(Br)cc2)NC(=O)c2ccccc2)cc1. The van der Waals surface area contributed by atoms with E-state index in [9.17, 15) is 14.4 Å². The lowest BCUT2D eigenvalue weighted by Crippen LogP contribution is -2.30. The first-order valence-electron chi connectivity index (χ1n) is 12.0. The fourth-order valence-corrected chi connectivity index (χ4v) is 4.65. The summed E-state index contributed by atoms with van der Waals surface area (Å²) in [6.45, 7) is 0. The van der Waals surface area contributed by atoms with Crippen LogP contribution in [-0.4, -0.2) is 30.5 Å². The van der Waals surface area contributed by atoms with E-state index in [1.807, 2.05) is 48.5 Å². The van der Waals surface area contributed by atoms with Gasteiger partial charge in [-0.25, -0.2) is 0 Å². The van der Waals surface area contributed by atoms with Crippen molar-refractivity contribution in [2.24, 2.45) is 0 Å². The molecule has 39 heavy (non-hydrogen) atoms. The Morgan fingerprint density at radius 1 is 0.846 bits per heavy atom. The molecule has 0 aliphatic rings. The standard InChI is InChI=1S/C31H25BrN2O4S/c1-38-29-10-6-5-9-26(29)28(35)20-39-25-17-15-24(16-18-25)33-31(37)27(19-21-11-13-23(32)14-12-21)34-30(36)22-7-3-2-4-8-22/h2-19H,20H2,1H3,(H,33,37)(H,34,36)/b27-19-. The molecule has 8 heteroatoms. The Bertz CT molecular complexity index is 1490. The van der Waals surface area contributed by atoms with E-state index in [2.05, 4.69) is 26.6 Å². The molecule has 4 aromatic carbocycles. The molecule has 0 saturated carbocycles. The molecule has 0 fully saturated rings. The number of anilines is 1. The Hall–Kier alpha value is -4.14. The number of ether oxygens (including phenoxy) is 1. The molecule has 6 nitrogen and oxygen atoms in total. The van der Waals surface area contributed by atoms with Crippen LogP contribution < -0.4 is 15.4 Å². The van der Waals surface area contributed by atoms with Crippen molar-refractivity contribution < 1.29 is 19.1 Å². The minimum atomic E-state index is -0.464. The number of methoxy groups -OCH3 is 1. The summed E-state index contributed by atoms with van der Waals surface area (Å²) in [5, 5.41) is 5.57. The third kappa shape index (κ3) is 7.92. The highest BCUT2D eigenvalue weighted by Crippen LogP contribution is 2.25. The number of halogens is 1. The zero-order valence-electron chi connectivity index (χ0n) is 21.0. The quantitative estimate of drug-likeness (QED) is 0.118. The topological polar surface area (TPSA) is 84.5 Å². The molecule has 0 radical (unpaired) electrons. The molecule has 0 saturated heterocycles. The summed E-state index contributed by atoms with van der Waals surface area (Å²) in [4.78, 5) is 39.5. The highest BCUT2D eigenvalue weighted by Gasteiger charge is 2.16. The second-order valence-electron chi connectivity index (χ2n) is 8.32. The minimum Gasteiger partial charge on any atom is -0.496 e. The second kappa shape index (κ2) is 13.6. The normalized spacial score (nSPS) is 11.0. The zero-order chi connectivity index (χ0) is 27.6. The van der Waals surface area contributed by atoms with Gasteiger partial charge in [-0.15, -0.1) is 11.8 Å². The van der Waals surface area contributed by atoms with Crippen molar-refractivity contribution in [3.05, 3.63) is 130 Å². The van der Waals surface area contributed by atoms with E-state index in [0.29, 0.717) is 22.6 Å². The molecular weight excluding hydrogens is 576 g/mol. The first kappa shape index (κ1) is 27.9. The lowest BCUT2D eigenvalue weighted by Gasteiger charge is -2.12. The number of nitrogens with one attached hydrogen (secondary N) is 2. The third-order valence-electron chi connectivity index (χ3n) is 5.60. The second-order valence-corrected chi connectivity index (χ2v) is 10.3. The summed E-state index contributed by atoms with van der Waals surface area (Å²) >= 11 is 4.80. The van der Waals surface area contributed by atoms with Gasteiger partial charge in [0.15, 0.2) is 5.78 Å². The van der Waals surface area contributed by atoms with Gasteiger partial charge in [0.25, 0.3) is 11.8 Å². The number of carbonyl (C=O) groups excluding carboxylic acids is 3. The number of hydrogen-bond donors (Lipinski definition) is 2. The Morgan fingerprint density at radius 2 is 1.51 bits per heavy atom. The first-order valence-corrected chi connectivity index (χ1v) is 13.7. The predicted molar refractivity (Wildman–Crippen MR) is 159 cm³/mol. The van der Waals surface area contributed by atoms with Crippen molar-refractivity contribution in [2.45, 2.75) is 4.90 Å². The predicted octanol–water partition coefficient (Wildman–Crippen LogP) is 6.84. The van der Waals surface area contributed by atoms with Crippen LogP contribution in [0.1, 0.15) is 26.3 Å².